The van der Waals surface area contributed by atoms with Crippen molar-refractivity contribution in [2.24, 2.45) is 5.92 Å². The molecule has 25 heavy (non-hydrogen) atoms. The zero-order chi connectivity index (χ0) is 18.8. The zero-order valence-corrected chi connectivity index (χ0v) is 15.0. The molecule has 7 heteroatoms. The van der Waals surface area contributed by atoms with Crippen LogP contribution < -0.4 is 10.1 Å². The van der Waals surface area contributed by atoms with Crippen LogP contribution >= 0.6 is 0 Å². The number of esters is 2. The molecule has 1 aromatic rings. The van der Waals surface area contributed by atoms with Gasteiger partial charge in [0.1, 0.15) is 11.8 Å². The van der Waals surface area contributed by atoms with Gasteiger partial charge in [0, 0.05) is 0 Å². The van der Waals surface area contributed by atoms with E-state index in [2.05, 4.69) is 10.1 Å². The number of methoxy groups -OCH3 is 2. The summed E-state index contributed by atoms with van der Waals surface area (Å²) in [5, 5.41) is 2.53. The van der Waals surface area contributed by atoms with E-state index < -0.39 is 30.5 Å². The van der Waals surface area contributed by atoms with Gasteiger partial charge in [-0.3, -0.25) is 9.59 Å². The summed E-state index contributed by atoms with van der Waals surface area (Å²) < 4.78 is 14.7. The second-order valence-electron chi connectivity index (χ2n) is 5.96. The molecule has 0 aromatic heterocycles. The molecule has 0 bridgehead atoms. The third kappa shape index (κ3) is 7.69. The summed E-state index contributed by atoms with van der Waals surface area (Å²) in [6.45, 7) is 3.41. The number of carbonyl (C=O) groups excluding carboxylic acids is 3. The van der Waals surface area contributed by atoms with Crippen LogP contribution in [0.2, 0.25) is 0 Å². The molecule has 1 N–H and O–H groups in total. The van der Waals surface area contributed by atoms with Crippen molar-refractivity contribution in [3.63, 3.8) is 0 Å². The summed E-state index contributed by atoms with van der Waals surface area (Å²) in [7, 11) is 2.82. The molecule has 0 aliphatic rings. The Labute approximate surface area is 147 Å². The highest BCUT2D eigenvalue weighted by Crippen LogP contribution is 2.12. The average Bonchev–Trinajstić information content (AvgIpc) is 2.59. The summed E-state index contributed by atoms with van der Waals surface area (Å²) >= 11 is 0. The first-order valence-electron chi connectivity index (χ1n) is 8.01. The lowest BCUT2D eigenvalue weighted by atomic mass is 10.0. The van der Waals surface area contributed by atoms with Crippen LogP contribution in [-0.2, 0) is 30.3 Å². The Morgan fingerprint density at radius 2 is 1.72 bits per heavy atom. The first-order chi connectivity index (χ1) is 11.8. The van der Waals surface area contributed by atoms with Crippen LogP contribution in [0.1, 0.15) is 25.8 Å². The Morgan fingerprint density at radius 1 is 1.08 bits per heavy atom. The maximum Gasteiger partial charge on any atom is 0.328 e. The number of amides is 1. The summed E-state index contributed by atoms with van der Waals surface area (Å²) in [5.74, 6) is -0.706. The first-order valence-corrected chi connectivity index (χ1v) is 8.01. The fraction of sp³-hybridized carbons (Fsp3) is 0.500. The standard InChI is InChI=1S/C18H25NO6/c1-12(2)9-15(18(22)24-4)19-16(20)11-25-17(21)10-13-5-7-14(23-3)8-6-13/h5-8,12,15H,9-11H2,1-4H3,(H,19,20)/t15-/m1/s1. The topological polar surface area (TPSA) is 90.9 Å². The lowest BCUT2D eigenvalue weighted by Crippen LogP contribution is -2.44. The molecule has 0 unspecified atom stereocenters. The Hall–Kier alpha value is -2.57. The second-order valence-corrected chi connectivity index (χ2v) is 5.96. The minimum atomic E-state index is -0.752. The van der Waals surface area contributed by atoms with Gasteiger partial charge in [-0.1, -0.05) is 26.0 Å². The maximum atomic E-state index is 11.9. The predicted molar refractivity (Wildman–Crippen MR) is 91.1 cm³/mol. The molecular formula is C18H25NO6. The Kier molecular flexibility index (Phi) is 8.46. The number of ether oxygens (including phenoxy) is 3. The van der Waals surface area contributed by atoms with E-state index in [0.717, 1.165) is 5.56 Å². The van der Waals surface area contributed by atoms with Gasteiger partial charge in [0.15, 0.2) is 6.61 Å². The summed E-state index contributed by atoms with van der Waals surface area (Å²) in [4.78, 5) is 35.3. The maximum absolute atomic E-state index is 11.9. The van der Waals surface area contributed by atoms with E-state index in [0.29, 0.717) is 12.2 Å². The van der Waals surface area contributed by atoms with Gasteiger partial charge in [0.2, 0.25) is 0 Å². The van der Waals surface area contributed by atoms with E-state index >= 15 is 0 Å². The van der Waals surface area contributed by atoms with Gasteiger partial charge in [0.25, 0.3) is 5.91 Å². The van der Waals surface area contributed by atoms with Crippen molar-refractivity contribution in [2.45, 2.75) is 32.7 Å². The van der Waals surface area contributed by atoms with Crippen LogP contribution in [-0.4, -0.2) is 44.7 Å². The Morgan fingerprint density at radius 3 is 2.24 bits per heavy atom. The molecule has 1 atom stereocenters. The molecule has 1 amide bonds. The van der Waals surface area contributed by atoms with E-state index in [-0.39, 0.29) is 12.3 Å². The Balaban J connectivity index is 2.45. The number of hydrogen-bond donors (Lipinski definition) is 1. The van der Waals surface area contributed by atoms with Crippen LogP contribution in [0.5, 0.6) is 5.75 Å². The Bertz CT molecular complexity index is 582. The average molecular weight is 351 g/mol. The SMILES string of the molecule is COC(=O)[C@@H](CC(C)C)NC(=O)COC(=O)Cc1ccc(OC)cc1. The number of benzene rings is 1. The third-order valence-electron chi connectivity index (χ3n) is 3.40. The van der Waals surface area contributed by atoms with Gasteiger partial charge in [-0.25, -0.2) is 4.79 Å². The van der Waals surface area contributed by atoms with Crippen molar-refractivity contribution >= 4 is 17.8 Å². The fourth-order valence-corrected chi connectivity index (χ4v) is 2.17. The smallest absolute Gasteiger partial charge is 0.328 e. The van der Waals surface area contributed by atoms with Gasteiger partial charge in [-0.2, -0.15) is 0 Å². The largest absolute Gasteiger partial charge is 0.497 e. The van der Waals surface area contributed by atoms with Gasteiger partial charge >= 0.3 is 11.9 Å². The number of rotatable bonds is 9. The molecular weight excluding hydrogens is 326 g/mol. The minimum Gasteiger partial charge on any atom is -0.497 e. The van der Waals surface area contributed by atoms with Gasteiger partial charge in [-0.05, 0) is 30.0 Å². The van der Waals surface area contributed by atoms with Crippen LogP contribution in [0, 0.1) is 5.92 Å². The highest BCUT2D eigenvalue weighted by Gasteiger charge is 2.23. The van der Waals surface area contributed by atoms with Crippen molar-refractivity contribution in [1.29, 1.82) is 0 Å². The first kappa shape index (κ1) is 20.5. The molecule has 1 rings (SSSR count). The molecule has 0 aliphatic carbocycles. The quantitative estimate of drug-likeness (QED) is 0.678. The molecule has 0 fully saturated rings. The zero-order valence-electron chi connectivity index (χ0n) is 15.0. The number of hydrogen-bond acceptors (Lipinski definition) is 6. The van der Waals surface area contributed by atoms with E-state index in [1.807, 2.05) is 13.8 Å². The summed E-state index contributed by atoms with van der Waals surface area (Å²) in [6.07, 6.45) is 0.488. The monoisotopic (exact) mass is 351 g/mol. The molecule has 1 aromatic carbocycles. The lowest BCUT2D eigenvalue weighted by Gasteiger charge is -2.18. The van der Waals surface area contributed by atoms with Crippen LogP contribution in [0.4, 0.5) is 0 Å². The fourth-order valence-electron chi connectivity index (χ4n) is 2.17. The van der Waals surface area contributed by atoms with Crippen molar-refractivity contribution < 1.29 is 28.6 Å². The molecule has 0 aliphatic heterocycles. The van der Waals surface area contributed by atoms with Crippen LogP contribution in [0.25, 0.3) is 0 Å². The van der Waals surface area contributed by atoms with E-state index in [4.69, 9.17) is 9.47 Å². The van der Waals surface area contributed by atoms with Gasteiger partial charge in [0.05, 0.1) is 20.6 Å². The van der Waals surface area contributed by atoms with Crippen molar-refractivity contribution in [1.82, 2.24) is 5.32 Å². The third-order valence-corrected chi connectivity index (χ3v) is 3.40. The second kappa shape index (κ2) is 10.3. The molecule has 7 nitrogen and oxygen atoms in total. The lowest BCUT2D eigenvalue weighted by molar-refractivity contribution is -0.150. The van der Waals surface area contributed by atoms with Crippen LogP contribution in [0.15, 0.2) is 24.3 Å². The van der Waals surface area contributed by atoms with E-state index in [9.17, 15) is 14.4 Å². The number of nitrogens with one attached hydrogen (secondary N) is 1. The molecule has 0 saturated carbocycles. The molecule has 138 valence electrons. The van der Waals surface area contributed by atoms with Gasteiger partial charge < -0.3 is 19.5 Å². The summed E-state index contributed by atoms with van der Waals surface area (Å²) in [5.41, 5.74) is 0.749. The highest BCUT2D eigenvalue weighted by atomic mass is 16.5. The van der Waals surface area contributed by atoms with E-state index in [1.165, 1.54) is 7.11 Å². The number of carbonyl (C=O) groups is 3. The molecule has 0 radical (unpaired) electrons. The summed E-state index contributed by atoms with van der Waals surface area (Å²) in [6, 6.07) is 6.22. The van der Waals surface area contributed by atoms with E-state index in [1.54, 1.807) is 31.4 Å². The van der Waals surface area contributed by atoms with Gasteiger partial charge in [-0.15, -0.1) is 0 Å². The normalized spacial score (nSPS) is 11.6. The minimum absolute atomic E-state index is 0.0453. The van der Waals surface area contributed by atoms with Crippen molar-refractivity contribution in [2.75, 3.05) is 20.8 Å². The van der Waals surface area contributed by atoms with Crippen LogP contribution in [0.3, 0.4) is 0 Å². The molecule has 0 saturated heterocycles. The molecule has 0 heterocycles. The highest BCUT2D eigenvalue weighted by molar-refractivity contribution is 5.86. The molecule has 0 spiro atoms. The van der Waals surface area contributed by atoms with Crippen molar-refractivity contribution in [3.8, 4) is 5.75 Å². The predicted octanol–water partition coefficient (Wildman–Crippen LogP) is 1.48. The van der Waals surface area contributed by atoms with Crippen molar-refractivity contribution in [3.05, 3.63) is 29.8 Å².